The monoisotopic (exact) mass is 325 g/mol. The highest BCUT2D eigenvalue weighted by atomic mass is 79.9. The predicted octanol–water partition coefficient (Wildman–Crippen LogP) is 1.70. The van der Waals surface area contributed by atoms with Gasteiger partial charge in [-0.3, -0.25) is 4.79 Å². The number of pyridine rings is 1. The molecule has 7 heteroatoms. The van der Waals surface area contributed by atoms with Gasteiger partial charge in [-0.1, -0.05) is 0 Å². The second-order valence-electron chi connectivity index (χ2n) is 4.47. The zero-order valence-corrected chi connectivity index (χ0v) is 12.1. The maximum Gasteiger partial charge on any atom is 0.319 e. The summed E-state index contributed by atoms with van der Waals surface area (Å²) in [6, 6.07) is 3.62. The molecule has 0 atom stereocenters. The lowest BCUT2D eigenvalue weighted by Crippen LogP contribution is -2.23. The molecule has 1 saturated carbocycles. The Morgan fingerprint density at radius 3 is 2.74 bits per heavy atom. The molecule has 2 aromatic rings. The molecule has 0 N–H and O–H groups in total. The number of carbonyl (C=O) groups excluding carboxylic acids is 1. The van der Waals surface area contributed by atoms with Crippen LogP contribution < -0.4 is 4.74 Å². The van der Waals surface area contributed by atoms with Crippen LogP contribution in [-0.4, -0.2) is 34.8 Å². The van der Waals surface area contributed by atoms with Crippen molar-refractivity contribution in [1.82, 2.24) is 14.6 Å². The van der Waals surface area contributed by atoms with Gasteiger partial charge in [-0.15, -0.1) is 5.10 Å². The van der Waals surface area contributed by atoms with Gasteiger partial charge in [-0.25, -0.2) is 9.50 Å². The summed E-state index contributed by atoms with van der Waals surface area (Å²) in [6.07, 6.45) is 1.44. The third-order valence-corrected chi connectivity index (χ3v) is 3.98. The van der Waals surface area contributed by atoms with E-state index in [4.69, 9.17) is 9.47 Å². The summed E-state index contributed by atoms with van der Waals surface area (Å²) in [5.74, 6) is 0.825. The van der Waals surface area contributed by atoms with Crippen molar-refractivity contribution >= 4 is 27.5 Å². The molecule has 0 amide bonds. The molecule has 2 aromatic heterocycles. The number of aromatic nitrogens is 3. The fraction of sp³-hybridized carbons (Fsp3) is 0.417. The molecule has 1 fully saturated rings. The average molecular weight is 326 g/mol. The van der Waals surface area contributed by atoms with E-state index in [9.17, 15) is 4.79 Å². The van der Waals surface area contributed by atoms with Crippen LogP contribution in [-0.2, 0) is 14.9 Å². The van der Waals surface area contributed by atoms with Gasteiger partial charge in [0.15, 0.2) is 17.2 Å². The maximum absolute atomic E-state index is 11.9. The smallest absolute Gasteiger partial charge is 0.319 e. The van der Waals surface area contributed by atoms with Crippen LogP contribution in [0, 0.1) is 0 Å². The summed E-state index contributed by atoms with van der Waals surface area (Å²) in [6.45, 7) is 0. The lowest BCUT2D eigenvalue weighted by molar-refractivity contribution is -0.143. The first-order valence-electron chi connectivity index (χ1n) is 5.80. The number of esters is 1. The predicted molar refractivity (Wildman–Crippen MR) is 70.2 cm³/mol. The van der Waals surface area contributed by atoms with E-state index in [0.717, 1.165) is 17.4 Å². The van der Waals surface area contributed by atoms with Gasteiger partial charge >= 0.3 is 5.97 Å². The fourth-order valence-corrected chi connectivity index (χ4v) is 2.49. The van der Waals surface area contributed by atoms with Gasteiger partial charge in [0.1, 0.15) is 10.0 Å². The van der Waals surface area contributed by atoms with Crippen molar-refractivity contribution in [3.8, 4) is 5.75 Å². The minimum Gasteiger partial charge on any atom is -0.493 e. The van der Waals surface area contributed by atoms with E-state index in [1.54, 1.807) is 17.7 Å². The van der Waals surface area contributed by atoms with Crippen molar-refractivity contribution in [1.29, 1.82) is 0 Å². The molecule has 0 aromatic carbocycles. The molecule has 1 aliphatic rings. The highest BCUT2D eigenvalue weighted by Gasteiger charge is 2.56. The molecule has 100 valence electrons. The van der Waals surface area contributed by atoms with Crippen molar-refractivity contribution in [3.05, 3.63) is 22.6 Å². The van der Waals surface area contributed by atoms with E-state index >= 15 is 0 Å². The number of fused-ring (bicyclic) bond motifs is 1. The van der Waals surface area contributed by atoms with Crippen molar-refractivity contribution < 1.29 is 14.3 Å². The summed E-state index contributed by atoms with van der Waals surface area (Å²) >= 11 is 3.40. The Morgan fingerprint density at radius 2 is 2.16 bits per heavy atom. The normalized spacial score (nSPS) is 16.4. The van der Waals surface area contributed by atoms with Crippen molar-refractivity contribution in [3.63, 3.8) is 0 Å². The van der Waals surface area contributed by atoms with Gasteiger partial charge in [0.05, 0.1) is 14.2 Å². The minimum atomic E-state index is -0.675. The molecule has 0 aliphatic heterocycles. The molecule has 0 spiro atoms. The number of rotatable bonds is 3. The van der Waals surface area contributed by atoms with Crippen LogP contribution in [0.1, 0.15) is 18.7 Å². The zero-order chi connectivity index (χ0) is 13.6. The van der Waals surface area contributed by atoms with Crippen molar-refractivity contribution in [2.75, 3.05) is 14.2 Å². The quantitative estimate of drug-likeness (QED) is 0.634. The van der Waals surface area contributed by atoms with Gasteiger partial charge in [0.2, 0.25) is 0 Å². The molecule has 0 unspecified atom stereocenters. The lowest BCUT2D eigenvalue weighted by atomic mass is 10.1. The van der Waals surface area contributed by atoms with E-state index < -0.39 is 5.41 Å². The minimum absolute atomic E-state index is 0.279. The van der Waals surface area contributed by atoms with Gasteiger partial charge in [-0.2, -0.15) is 0 Å². The van der Waals surface area contributed by atoms with E-state index in [2.05, 4.69) is 26.0 Å². The largest absolute Gasteiger partial charge is 0.493 e. The highest BCUT2D eigenvalue weighted by Crippen LogP contribution is 2.48. The Morgan fingerprint density at radius 1 is 1.42 bits per heavy atom. The average Bonchev–Trinajstić information content (AvgIpc) is 3.11. The number of hydrogen-bond acceptors (Lipinski definition) is 5. The molecule has 2 heterocycles. The number of methoxy groups -OCH3 is 2. The van der Waals surface area contributed by atoms with E-state index in [1.807, 2.05) is 6.07 Å². The molecular weight excluding hydrogens is 314 g/mol. The Hall–Kier alpha value is -1.63. The van der Waals surface area contributed by atoms with Crippen LogP contribution in [0.3, 0.4) is 0 Å². The Bertz CT molecular complexity index is 664. The van der Waals surface area contributed by atoms with E-state index in [0.29, 0.717) is 17.2 Å². The number of ether oxygens (including phenoxy) is 2. The number of hydrogen-bond donors (Lipinski definition) is 0. The summed E-state index contributed by atoms with van der Waals surface area (Å²) in [4.78, 5) is 16.3. The zero-order valence-electron chi connectivity index (χ0n) is 10.5. The first kappa shape index (κ1) is 12.4. The van der Waals surface area contributed by atoms with Gasteiger partial charge in [0, 0.05) is 0 Å². The fourth-order valence-electron chi connectivity index (χ4n) is 2.11. The first-order chi connectivity index (χ1) is 9.12. The molecule has 0 radical (unpaired) electrons. The standard InChI is InChI=1S/C12H12BrN3O3/c1-18-7-3-4-8(13)16-9(7)14-10(15-16)12(5-6-12)11(17)19-2/h3-4H,5-6H2,1-2H3. The summed E-state index contributed by atoms with van der Waals surface area (Å²) in [5.41, 5.74) is -0.0901. The van der Waals surface area contributed by atoms with Crippen LogP contribution in [0.15, 0.2) is 16.7 Å². The van der Waals surface area contributed by atoms with Crippen LogP contribution in [0.5, 0.6) is 5.75 Å². The Kier molecular flexibility index (Phi) is 2.74. The van der Waals surface area contributed by atoms with E-state index in [-0.39, 0.29) is 5.97 Å². The maximum atomic E-state index is 11.9. The molecule has 6 nitrogen and oxygen atoms in total. The lowest BCUT2D eigenvalue weighted by Gasteiger charge is -2.06. The molecular formula is C12H12BrN3O3. The number of halogens is 1. The second-order valence-corrected chi connectivity index (χ2v) is 5.28. The Labute approximate surface area is 117 Å². The van der Waals surface area contributed by atoms with Crippen molar-refractivity contribution in [2.45, 2.75) is 18.3 Å². The van der Waals surface area contributed by atoms with Crippen LogP contribution in [0.25, 0.3) is 5.65 Å². The van der Waals surface area contributed by atoms with Gasteiger partial charge < -0.3 is 9.47 Å². The summed E-state index contributed by atoms with van der Waals surface area (Å²) < 4.78 is 12.5. The highest BCUT2D eigenvalue weighted by molar-refractivity contribution is 9.10. The van der Waals surface area contributed by atoms with Crippen LogP contribution in [0.2, 0.25) is 0 Å². The summed E-state index contributed by atoms with van der Waals surface area (Å²) in [5, 5.41) is 4.40. The molecule has 3 rings (SSSR count). The molecule has 0 saturated heterocycles. The SMILES string of the molecule is COC(=O)C1(c2nc3c(OC)ccc(Br)n3n2)CC1. The Balaban J connectivity index is 2.17. The van der Waals surface area contributed by atoms with Gasteiger partial charge in [-0.05, 0) is 40.9 Å². The number of nitrogens with zero attached hydrogens (tertiary/aromatic N) is 3. The molecule has 0 bridgehead atoms. The number of carbonyl (C=O) groups is 1. The van der Waals surface area contributed by atoms with Crippen molar-refractivity contribution in [2.24, 2.45) is 0 Å². The molecule has 19 heavy (non-hydrogen) atoms. The van der Waals surface area contributed by atoms with Crippen LogP contribution in [0.4, 0.5) is 0 Å². The first-order valence-corrected chi connectivity index (χ1v) is 6.60. The van der Waals surface area contributed by atoms with E-state index in [1.165, 1.54) is 7.11 Å². The molecule has 1 aliphatic carbocycles. The third kappa shape index (κ3) is 1.72. The third-order valence-electron chi connectivity index (χ3n) is 3.38. The second kappa shape index (κ2) is 4.19. The van der Waals surface area contributed by atoms with Gasteiger partial charge in [0.25, 0.3) is 0 Å². The van der Waals surface area contributed by atoms with Crippen LogP contribution >= 0.6 is 15.9 Å². The summed E-state index contributed by atoms with van der Waals surface area (Å²) in [7, 11) is 2.96. The topological polar surface area (TPSA) is 65.7 Å².